The van der Waals surface area contributed by atoms with E-state index in [-0.39, 0.29) is 12.4 Å². The van der Waals surface area contributed by atoms with Crippen LogP contribution in [0.25, 0.3) is 0 Å². The molecule has 0 amide bonds. The number of hydrogen-bond acceptors (Lipinski definition) is 2. The summed E-state index contributed by atoms with van der Waals surface area (Å²) in [5.41, 5.74) is 4.36. The van der Waals surface area contributed by atoms with Crippen molar-refractivity contribution < 1.29 is 4.74 Å². The lowest BCUT2D eigenvalue weighted by Crippen LogP contribution is -2.36. The van der Waals surface area contributed by atoms with Crippen molar-refractivity contribution in [2.24, 2.45) is 0 Å². The Hall–Kier alpha value is -1.51. The highest BCUT2D eigenvalue weighted by atomic mass is 35.5. The molecule has 124 valence electrons. The second-order valence-electron chi connectivity index (χ2n) is 6.21. The van der Waals surface area contributed by atoms with Crippen molar-refractivity contribution in [2.45, 2.75) is 32.2 Å². The Balaban J connectivity index is 0.00000192. The molecule has 2 aromatic carbocycles. The predicted molar refractivity (Wildman–Crippen MR) is 98.8 cm³/mol. The van der Waals surface area contributed by atoms with Crippen LogP contribution in [0.2, 0.25) is 0 Å². The van der Waals surface area contributed by atoms with Crippen molar-refractivity contribution >= 4 is 12.4 Å². The molecule has 0 fully saturated rings. The monoisotopic (exact) mass is 331 g/mol. The number of methoxy groups -OCH3 is 1. The van der Waals surface area contributed by atoms with Crippen LogP contribution in [-0.2, 0) is 19.3 Å². The lowest BCUT2D eigenvalue weighted by molar-refractivity contribution is 0.219. The molecule has 0 saturated heterocycles. The molecule has 0 aliphatic carbocycles. The summed E-state index contributed by atoms with van der Waals surface area (Å²) in [5.74, 6) is 0.976. The Morgan fingerprint density at radius 1 is 1.09 bits per heavy atom. The summed E-state index contributed by atoms with van der Waals surface area (Å²) >= 11 is 0. The molecular formula is C20H26ClNO. The molecule has 1 aliphatic heterocycles. The van der Waals surface area contributed by atoms with E-state index >= 15 is 0 Å². The van der Waals surface area contributed by atoms with Gasteiger partial charge in [-0.05, 0) is 55.0 Å². The van der Waals surface area contributed by atoms with Gasteiger partial charge in [0, 0.05) is 19.1 Å². The van der Waals surface area contributed by atoms with Gasteiger partial charge in [0.1, 0.15) is 5.75 Å². The predicted octanol–water partition coefficient (Wildman–Crippen LogP) is 4.15. The molecule has 23 heavy (non-hydrogen) atoms. The van der Waals surface area contributed by atoms with E-state index < -0.39 is 0 Å². The zero-order valence-electron chi connectivity index (χ0n) is 14.0. The number of ether oxygens (including phenoxy) is 1. The van der Waals surface area contributed by atoms with Crippen molar-refractivity contribution in [3.8, 4) is 5.75 Å². The van der Waals surface area contributed by atoms with E-state index in [1.54, 1.807) is 7.11 Å². The van der Waals surface area contributed by atoms with E-state index in [9.17, 15) is 0 Å². The standard InChI is InChI=1S/C20H25NO.ClH/c1-16-14-19-15-20(22-2)9-8-18(19)11-13-21(16)12-10-17-6-4-3-5-7-17;/h3-9,15-16H,10-14H2,1-2H3;1H. The third kappa shape index (κ3) is 4.49. The zero-order valence-corrected chi connectivity index (χ0v) is 14.8. The topological polar surface area (TPSA) is 12.5 Å². The van der Waals surface area contributed by atoms with Gasteiger partial charge >= 0.3 is 0 Å². The minimum Gasteiger partial charge on any atom is -0.497 e. The Morgan fingerprint density at radius 3 is 2.61 bits per heavy atom. The number of benzene rings is 2. The molecule has 0 radical (unpaired) electrons. The third-order valence-electron chi connectivity index (χ3n) is 4.75. The lowest BCUT2D eigenvalue weighted by Gasteiger charge is -2.27. The first kappa shape index (κ1) is 17.8. The normalized spacial score (nSPS) is 17.7. The van der Waals surface area contributed by atoms with Crippen molar-refractivity contribution in [1.29, 1.82) is 0 Å². The average molecular weight is 332 g/mol. The van der Waals surface area contributed by atoms with Gasteiger partial charge < -0.3 is 4.74 Å². The van der Waals surface area contributed by atoms with Gasteiger partial charge in [0.2, 0.25) is 0 Å². The smallest absolute Gasteiger partial charge is 0.119 e. The van der Waals surface area contributed by atoms with Crippen molar-refractivity contribution in [3.63, 3.8) is 0 Å². The molecule has 3 heteroatoms. The summed E-state index contributed by atoms with van der Waals surface area (Å²) in [5, 5.41) is 0. The number of rotatable bonds is 4. The molecule has 0 N–H and O–H groups in total. The first-order chi connectivity index (χ1) is 10.8. The molecule has 1 heterocycles. The summed E-state index contributed by atoms with van der Waals surface area (Å²) in [6.07, 6.45) is 3.38. The highest BCUT2D eigenvalue weighted by Crippen LogP contribution is 2.24. The van der Waals surface area contributed by atoms with E-state index in [0.29, 0.717) is 6.04 Å². The van der Waals surface area contributed by atoms with E-state index in [0.717, 1.165) is 38.1 Å². The summed E-state index contributed by atoms with van der Waals surface area (Å²) < 4.78 is 5.37. The van der Waals surface area contributed by atoms with E-state index in [1.807, 2.05) is 0 Å². The summed E-state index contributed by atoms with van der Waals surface area (Å²) in [6, 6.07) is 17.9. The highest BCUT2D eigenvalue weighted by Gasteiger charge is 2.20. The SMILES string of the molecule is COc1ccc2c(c1)CC(C)N(CCc1ccccc1)CC2.Cl. The molecule has 0 saturated carbocycles. The van der Waals surface area contributed by atoms with Crippen molar-refractivity contribution in [3.05, 3.63) is 65.2 Å². The van der Waals surface area contributed by atoms with Crippen LogP contribution in [0.4, 0.5) is 0 Å². The summed E-state index contributed by atoms with van der Waals surface area (Å²) in [6.45, 7) is 4.63. The maximum Gasteiger partial charge on any atom is 0.119 e. The Labute approximate surface area is 145 Å². The van der Waals surface area contributed by atoms with E-state index in [4.69, 9.17) is 4.74 Å². The Morgan fingerprint density at radius 2 is 1.87 bits per heavy atom. The fourth-order valence-electron chi connectivity index (χ4n) is 3.34. The van der Waals surface area contributed by atoms with E-state index in [1.165, 1.54) is 16.7 Å². The second-order valence-corrected chi connectivity index (χ2v) is 6.21. The van der Waals surface area contributed by atoms with Crippen LogP contribution in [0.3, 0.4) is 0 Å². The van der Waals surface area contributed by atoms with Gasteiger partial charge in [0.15, 0.2) is 0 Å². The maximum absolute atomic E-state index is 5.37. The molecule has 1 unspecified atom stereocenters. The molecule has 1 aliphatic rings. The first-order valence-electron chi connectivity index (χ1n) is 8.20. The van der Waals surface area contributed by atoms with Crippen molar-refractivity contribution in [2.75, 3.05) is 20.2 Å². The maximum atomic E-state index is 5.37. The molecule has 2 aromatic rings. The molecule has 0 bridgehead atoms. The van der Waals surface area contributed by atoms with Crippen molar-refractivity contribution in [1.82, 2.24) is 4.90 Å². The fourth-order valence-corrected chi connectivity index (χ4v) is 3.34. The second kappa shape index (κ2) is 8.37. The van der Waals surface area contributed by atoms with Gasteiger partial charge in [0.05, 0.1) is 7.11 Å². The minimum absolute atomic E-state index is 0. The molecule has 0 aromatic heterocycles. The zero-order chi connectivity index (χ0) is 15.4. The third-order valence-corrected chi connectivity index (χ3v) is 4.75. The van der Waals surface area contributed by atoms with Crippen LogP contribution < -0.4 is 4.74 Å². The van der Waals surface area contributed by atoms with Gasteiger partial charge in [-0.25, -0.2) is 0 Å². The molecular weight excluding hydrogens is 306 g/mol. The van der Waals surface area contributed by atoms with Crippen LogP contribution in [0.1, 0.15) is 23.6 Å². The van der Waals surface area contributed by atoms with Crippen LogP contribution >= 0.6 is 12.4 Å². The fraction of sp³-hybridized carbons (Fsp3) is 0.400. The average Bonchev–Trinajstić information content (AvgIpc) is 2.71. The molecule has 0 spiro atoms. The summed E-state index contributed by atoms with van der Waals surface area (Å²) in [4.78, 5) is 2.62. The van der Waals surface area contributed by atoms with Crippen LogP contribution in [0.15, 0.2) is 48.5 Å². The Bertz CT molecular complexity index is 614. The van der Waals surface area contributed by atoms with Gasteiger partial charge in [0.25, 0.3) is 0 Å². The molecule has 3 rings (SSSR count). The first-order valence-corrected chi connectivity index (χ1v) is 8.20. The summed E-state index contributed by atoms with van der Waals surface area (Å²) in [7, 11) is 1.74. The number of halogens is 1. The molecule has 1 atom stereocenters. The van der Waals surface area contributed by atoms with Gasteiger partial charge in [-0.15, -0.1) is 12.4 Å². The van der Waals surface area contributed by atoms with Crippen LogP contribution in [0.5, 0.6) is 5.75 Å². The highest BCUT2D eigenvalue weighted by molar-refractivity contribution is 5.85. The van der Waals surface area contributed by atoms with Gasteiger partial charge in [-0.3, -0.25) is 4.90 Å². The quantitative estimate of drug-likeness (QED) is 0.834. The lowest BCUT2D eigenvalue weighted by atomic mass is 10.0. The van der Waals surface area contributed by atoms with E-state index in [2.05, 4.69) is 60.4 Å². The number of fused-ring (bicyclic) bond motifs is 1. The largest absolute Gasteiger partial charge is 0.497 e. The molecule has 2 nitrogen and oxygen atoms in total. The minimum atomic E-state index is 0. The number of hydrogen-bond donors (Lipinski definition) is 0. The van der Waals surface area contributed by atoms with Gasteiger partial charge in [-0.1, -0.05) is 36.4 Å². The number of nitrogens with zero attached hydrogens (tertiary/aromatic N) is 1. The Kier molecular flexibility index (Phi) is 6.49. The van der Waals surface area contributed by atoms with Crippen LogP contribution in [-0.4, -0.2) is 31.1 Å². The van der Waals surface area contributed by atoms with Gasteiger partial charge in [-0.2, -0.15) is 0 Å². The van der Waals surface area contributed by atoms with Crippen LogP contribution in [0, 0.1) is 0 Å².